The average Bonchev–Trinajstić information content (AvgIpc) is 2.73. The van der Waals surface area contributed by atoms with E-state index in [9.17, 15) is 5.11 Å². The van der Waals surface area contributed by atoms with Crippen molar-refractivity contribution < 1.29 is 5.11 Å². The second-order valence-corrected chi connectivity index (χ2v) is 5.61. The van der Waals surface area contributed by atoms with Gasteiger partial charge in [0, 0.05) is 18.8 Å². The summed E-state index contributed by atoms with van der Waals surface area (Å²) in [4.78, 5) is 6.95. The van der Waals surface area contributed by atoms with E-state index in [1.807, 2.05) is 28.8 Å². The minimum absolute atomic E-state index is 0.00181. The number of imidazole rings is 1. The van der Waals surface area contributed by atoms with Crippen molar-refractivity contribution in [2.45, 2.75) is 40.3 Å². The number of aliphatic hydroxyl groups excluding tert-OH is 1. The number of fused-ring (bicyclic) bond motifs is 1. The lowest BCUT2D eigenvalue weighted by molar-refractivity contribution is 0.275. The fraction of sp³-hybridized carbons (Fsp3) is 0.533. The fourth-order valence-electron chi connectivity index (χ4n) is 2.35. The van der Waals surface area contributed by atoms with E-state index in [0.29, 0.717) is 12.0 Å². The minimum Gasteiger partial charge on any atom is -0.390 e. The maximum Gasteiger partial charge on any atom is 0.153 e. The summed E-state index contributed by atoms with van der Waals surface area (Å²) in [7, 11) is 0. The number of aromatic nitrogens is 2. The molecule has 2 heterocycles. The Morgan fingerprint density at radius 1 is 1.26 bits per heavy atom. The molecule has 0 unspecified atom stereocenters. The smallest absolute Gasteiger partial charge is 0.153 e. The number of aliphatic hydroxyl groups is 1. The van der Waals surface area contributed by atoms with Crippen molar-refractivity contribution in [2.75, 3.05) is 11.4 Å². The van der Waals surface area contributed by atoms with Gasteiger partial charge in [0.15, 0.2) is 5.82 Å². The highest BCUT2D eigenvalue weighted by Gasteiger charge is 2.20. The third-order valence-electron chi connectivity index (χ3n) is 3.21. The van der Waals surface area contributed by atoms with Crippen LogP contribution in [0.2, 0.25) is 0 Å². The summed E-state index contributed by atoms with van der Waals surface area (Å²) in [5.41, 5.74) is 1.75. The monoisotopic (exact) mass is 261 g/mol. The molecule has 0 saturated carbocycles. The Labute approximate surface area is 114 Å². The van der Waals surface area contributed by atoms with Crippen LogP contribution < -0.4 is 4.90 Å². The number of rotatable bonds is 5. The van der Waals surface area contributed by atoms with Gasteiger partial charge in [-0.15, -0.1) is 0 Å². The molecule has 0 spiro atoms. The number of nitrogens with zero attached hydrogens (tertiary/aromatic N) is 3. The van der Waals surface area contributed by atoms with Crippen LogP contribution in [0.4, 0.5) is 5.82 Å². The molecule has 2 aromatic rings. The van der Waals surface area contributed by atoms with Gasteiger partial charge in [-0.2, -0.15) is 0 Å². The van der Waals surface area contributed by atoms with Crippen LogP contribution in [0.25, 0.3) is 5.65 Å². The maximum atomic E-state index is 9.68. The van der Waals surface area contributed by atoms with Crippen LogP contribution in [0, 0.1) is 5.92 Å². The van der Waals surface area contributed by atoms with Crippen molar-refractivity contribution in [3.8, 4) is 0 Å². The highest BCUT2D eigenvalue weighted by Crippen LogP contribution is 2.24. The second kappa shape index (κ2) is 5.61. The highest BCUT2D eigenvalue weighted by atomic mass is 16.3. The Hall–Kier alpha value is -1.55. The summed E-state index contributed by atoms with van der Waals surface area (Å²) >= 11 is 0. The number of pyridine rings is 1. The topological polar surface area (TPSA) is 40.8 Å². The maximum absolute atomic E-state index is 9.68. The largest absolute Gasteiger partial charge is 0.390 e. The van der Waals surface area contributed by atoms with Crippen molar-refractivity contribution in [3.63, 3.8) is 0 Å². The molecule has 2 aromatic heterocycles. The number of hydrogen-bond acceptors (Lipinski definition) is 3. The fourth-order valence-corrected chi connectivity index (χ4v) is 2.35. The van der Waals surface area contributed by atoms with Gasteiger partial charge in [0.25, 0.3) is 0 Å². The Morgan fingerprint density at radius 3 is 2.58 bits per heavy atom. The average molecular weight is 261 g/mol. The lowest BCUT2D eigenvalue weighted by atomic mass is 10.1. The summed E-state index contributed by atoms with van der Waals surface area (Å²) in [5.74, 6) is 1.45. The van der Waals surface area contributed by atoms with Gasteiger partial charge in [-0.1, -0.05) is 19.9 Å². The van der Waals surface area contributed by atoms with E-state index in [2.05, 4.69) is 37.6 Å². The van der Waals surface area contributed by atoms with Crippen LogP contribution in [-0.4, -0.2) is 27.1 Å². The molecule has 104 valence electrons. The molecule has 4 nitrogen and oxygen atoms in total. The molecule has 0 amide bonds. The van der Waals surface area contributed by atoms with Crippen LogP contribution in [0.3, 0.4) is 0 Å². The van der Waals surface area contributed by atoms with Gasteiger partial charge in [0.05, 0.1) is 12.3 Å². The normalized spacial score (nSPS) is 11.7. The van der Waals surface area contributed by atoms with E-state index < -0.39 is 0 Å². The van der Waals surface area contributed by atoms with Gasteiger partial charge < -0.3 is 10.0 Å². The quantitative estimate of drug-likeness (QED) is 0.899. The van der Waals surface area contributed by atoms with E-state index in [1.165, 1.54) is 0 Å². The van der Waals surface area contributed by atoms with Crippen molar-refractivity contribution in [2.24, 2.45) is 5.92 Å². The highest BCUT2D eigenvalue weighted by molar-refractivity contribution is 5.56. The Balaban J connectivity index is 2.52. The zero-order valence-electron chi connectivity index (χ0n) is 12.2. The number of anilines is 1. The molecule has 0 saturated heterocycles. The van der Waals surface area contributed by atoms with E-state index in [-0.39, 0.29) is 6.61 Å². The molecular formula is C15H23N3O. The SMILES string of the molecule is CC(C)CN(c1nc2ccccn2c1CO)C(C)C. The molecular weight excluding hydrogens is 238 g/mol. The first-order chi connectivity index (χ1) is 9.04. The van der Waals surface area contributed by atoms with Gasteiger partial charge in [-0.3, -0.25) is 4.40 Å². The van der Waals surface area contributed by atoms with Gasteiger partial charge in [0.2, 0.25) is 0 Å². The third kappa shape index (κ3) is 2.73. The zero-order valence-corrected chi connectivity index (χ0v) is 12.2. The van der Waals surface area contributed by atoms with E-state index in [0.717, 1.165) is 23.7 Å². The second-order valence-electron chi connectivity index (χ2n) is 5.61. The molecule has 0 aliphatic rings. The van der Waals surface area contributed by atoms with Gasteiger partial charge >= 0.3 is 0 Å². The molecule has 4 heteroatoms. The molecule has 0 aliphatic carbocycles. The van der Waals surface area contributed by atoms with E-state index in [4.69, 9.17) is 0 Å². The molecule has 0 bridgehead atoms. The Morgan fingerprint density at radius 2 is 2.00 bits per heavy atom. The van der Waals surface area contributed by atoms with E-state index >= 15 is 0 Å². The lowest BCUT2D eigenvalue weighted by Gasteiger charge is -2.29. The minimum atomic E-state index is 0.00181. The predicted octanol–water partition coefficient (Wildman–Crippen LogP) is 2.70. The molecule has 19 heavy (non-hydrogen) atoms. The van der Waals surface area contributed by atoms with Crippen molar-refractivity contribution >= 4 is 11.5 Å². The van der Waals surface area contributed by atoms with Crippen LogP contribution in [0.5, 0.6) is 0 Å². The molecule has 0 fully saturated rings. The summed E-state index contributed by atoms with van der Waals surface area (Å²) < 4.78 is 1.96. The van der Waals surface area contributed by atoms with Crippen LogP contribution in [-0.2, 0) is 6.61 Å². The van der Waals surface area contributed by atoms with Crippen molar-refractivity contribution in [1.29, 1.82) is 0 Å². The lowest BCUT2D eigenvalue weighted by Crippen LogP contribution is -2.35. The molecule has 0 radical (unpaired) electrons. The molecule has 0 atom stereocenters. The van der Waals surface area contributed by atoms with Gasteiger partial charge in [-0.05, 0) is 31.9 Å². The zero-order chi connectivity index (χ0) is 14.0. The van der Waals surface area contributed by atoms with Crippen LogP contribution in [0.15, 0.2) is 24.4 Å². The first-order valence-corrected chi connectivity index (χ1v) is 6.88. The first kappa shape index (κ1) is 13.9. The van der Waals surface area contributed by atoms with Crippen molar-refractivity contribution in [1.82, 2.24) is 9.38 Å². The summed E-state index contributed by atoms with van der Waals surface area (Å²) in [5, 5.41) is 9.68. The Kier molecular flexibility index (Phi) is 4.10. The molecule has 0 aromatic carbocycles. The van der Waals surface area contributed by atoms with Crippen LogP contribution in [0.1, 0.15) is 33.4 Å². The number of hydrogen-bond donors (Lipinski definition) is 1. The van der Waals surface area contributed by atoms with Crippen LogP contribution >= 0.6 is 0 Å². The van der Waals surface area contributed by atoms with Crippen molar-refractivity contribution in [3.05, 3.63) is 30.1 Å². The molecule has 0 aliphatic heterocycles. The standard InChI is InChI=1S/C15H23N3O/c1-11(2)9-18(12(3)4)15-13(10-19)17-8-6-5-7-14(17)16-15/h5-8,11-12,19H,9-10H2,1-4H3. The Bertz CT molecular complexity index is 545. The molecule has 2 rings (SSSR count). The molecule has 1 N–H and O–H groups in total. The van der Waals surface area contributed by atoms with Gasteiger partial charge in [-0.25, -0.2) is 4.98 Å². The summed E-state index contributed by atoms with van der Waals surface area (Å²) in [6.45, 7) is 9.66. The third-order valence-corrected chi connectivity index (χ3v) is 3.21. The summed E-state index contributed by atoms with van der Waals surface area (Å²) in [6.07, 6.45) is 1.95. The predicted molar refractivity (Wildman–Crippen MR) is 78.4 cm³/mol. The summed E-state index contributed by atoms with van der Waals surface area (Å²) in [6, 6.07) is 6.25. The first-order valence-electron chi connectivity index (χ1n) is 6.88. The van der Waals surface area contributed by atoms with Gasteiger partial charge in [0.1, 0.15) is 5.65 Å². The van der Waals surface area contributed by atoms with E-state index in [1.54, 1.807) is 0 Å².